The summed E-state index contributed by atoms with van der Waals surface area (Å²) in [6.07, 6.45) is 3.58. The number of ether oxygens (including phenoxy) is 1. The van der Waals surface area contributed by atoms with Gasteiger partial charge in [0.25, 0.3) is 5.91 Å². The Kier molecular flexibility index (Phi) is 4.61. The highest BCUT2D eigenvalue weighted by Gasteiger charge is 2.19. The number of anilines is 1. The van der Waals surface area contributed by atoms with Crippen LogP contribution in [0.2, 0.25) is 0 Å². The van der Waals surface area contributed by atoms with Crippen molar-refractivity contribution in [1.82, 2.24) is 9.97 Å². The topological polar surface area (TPSA) is 81.2 Å². The molecule has 108 valence electrons. The number of nitrogens with one attached hydrogen (secondary N) is 1. The maximum atomic E-state index is 12.0. The number of esters is 1. The SMILES string of the molecule is Cc1cccnc1NC(=O)C(C)OC(=O)c1cccnc1. The van der Waals surface area contributed by atoms with E-state index in [0.717, 1.165) is 5.56 Å². The third kappa shape index (κ3) is 3.85. The Hall–Kier alpha value is -2.76. The highest BCUT2D eigenvalue weighted by atomic mass is 16.5. The van der Waals surface area contributed by atoms with Crippen LogP contribution in [-0.2, 0) is 9.53 Å². The molecule has 6 heteroatoms. The number of pyridine rings is 2. The van der Waals surface area contributed by atoms with Gasteiger partial charge in [0.05, 0.1) is 5.56 Å². The Labute approximate surface area is 122 Å². The summed E-state index contributed by atoms with van der Waals surface area (Å²) < 4.78 is 5.09. The van der Waals surface area contributed by atoms with Crippen LogP contribution in [0.15, 0.2) is 42.9 Å². The number of rotatable bonds is 4. The Morgan fingerprint density at radius 2 is 2.00 bits per heavy atom. The molecule has 1 unspecified atom stereocenters. The van der Waals surface area contributed by atoms with Gasteiger partial charge in [-0.05, 0) is 37.6 Å². The molecule has 2 aromatic rings. The first kappa shape index (κ1) is 14.6. The molecule has 1 N–H and O–H groups in total. The van der Waals surface area contributed by atoms with Crippen LogP contribution in [0.3, 0.4) is 0 Å². The highest BCUT2D eigenvalue weighted by Crippen LogP contribution is 2.10. The van der Waals surface area contributed by atoms with Gasteiger partial charge in [0, 0.05) is 18.6 Å². The summed E-state index contributed by atoms with van der Waals surface area (Å²) in [6, 6.07) is 6.80. The first-order valence-electron chi connectivity index (χ1n) is 6.41. The van der Waals surface area contributed by atoms with Crippen LogP contribution in [0, 0.1) is 6.92 Å². The minimum absolute atomic E-state index is 0.297. The molecule has 1 atom stereocenters. The fraction of sp³-hybridized carbons (Fsp3) is 0.200. The molecule has 0 saturated carbocycles. The van der Waals surface area contributed by atoms with E-state index in [1.54, 1.807) is 30.6 Å². The van der Waals surface area contributed by atoms with Gasteiger partial charge in [-0.3, -0.25) is 9.78 Å². The molecule has 0 fully saturated rings. The van der Waals surface area contributed by atoms with Crippen molar-refractivity contribution >= 4 is 17.7 Å². The van der Waals surface area contributed by atoms with Gasteiger partial charge in [-0.15, -0.1) is 0 Å². The van der Waals surface area contributed by atoms with E-state index in [-0.39, 0.29) is 0 Å². The average Bonchev–Trinajstić information content (AvgIpc) is 2.50. The molecule has 0 bridgehead atoms. The summed E-state index contributed by atoms with van der Waals surface area (Å²) in [4.78, 5) is 31.7. The van der Waals surface area contributed by atoms with E-state index >= 15 is 0 Å². The summed E-state index contributed by atoms with van der Waals surface area (Å²) in [6.45, 7) is 3.33. The van der Waals surface area contributed by atoms with Crippen LogP contribution >= 0.6 is 0 Å². The molecule has 21 heavy (non-hydrogen) atoms. The number of hydrogen-bond donors (Lipinski definition) is 1. The molecule has 1 amide bonds. The van der Waals surface area contributed by atoms with E-state index in [1.807, 2.05) is 13.0 Å². The van der Waals surface area contributed by atoms with Gasteiger partial charge < -0.3 is 10.1 Å². The molecule has 6 nitrogen and oxygen atoms in total. The van der Waals surface area contributed by atoms with Crippen molar-refractivity contribution in [2.45, 2.75) is 20.0 Å². The molecule has 2 heterocycles. The van der Waals surface area contributed by atoms with Gasteiger partial charge in [0.15, 0.2) is 6.10 Å². The van der Waals surface area contributed by atoms with Crippen LogP contribution in [0.25, 0.3) is 0 Å². The molecule has 0 aliphatic rings. The first-order valence-corrected chi connectivity index (χ1v) is 6.41. The van der Waals surface area contributed by atoms with Crippen molar-refractivity contribution in [2.24, 2.45) is 0 Å². The number of hydrogen-bond acceptors (Lipinski definition) is 5. The average molecular weight is 285 g/mol. The van der Waals surface area contributed by atoms with E-state index in [4.69, 9.17) is 4.74 Å². The fourth-order valence-electron chi connectivity index (χ4n) is 1.60. The lowest BCUT2D eigenvalue weighted by atomic mass is 10.2. The predicted octanol–water partition coefficient (Wildman–Crippen LogP) is 1.97. The second-order valence-electron chi connectivity index (χ2n) is 4.45. The molecule has 0 saturated heterocycles. The Balaban J connectivity index is 1.97. The maximum absolute atomic E-state index is 12.0. The van der Waals surface area contributed by atoms with Gasteiger partial charge in [-0.2, -0.15) is 0 Å². The van der Waals surface area contributed by atoms with Crippen LogP contribution in [0.5, 0.6) is 0 Å². The van der Waals surface area contributed by atoms with Crippen LogP contribution in [0.4, 0.5) is 5.82 Å². The van der Waals surface area contributed by atoms with Crippen LogP contribution < -0.4 is 5.32 Å². The molecule has 0 spiro atoms. The van der Waals surface area contributed by atoms with E-state index in [2.05, 4.69) is 15.3 Å². The minimum Gasteiger partial charge on any atom is -0.449 e. The van der Waals surface area contributed by atoms with E-state index < -0.39 is 18.0 Å². The van der Waals surface area contributed by atoms with Crippen molar-refractivity contribution < 1.29 is 14.3 Å². The molecule has 0 aliphatic carbocycles. The van der Waals surface area contributed by atoms with Crippen molar-refractivity contribution in [3.8, 4) is 0 Å². The molecule has 2 aromatic heterocycles. The Morgan fingerprint density at radius 3 is 2.67 bits per heavy atom. The van der Waals surface area contributed by atoms with Gasteiger partial charge >= 0.3 is 5.97 Å². The Bertz CT molecular complexity index is 644. The zero-order valence-corrected chi connectivity index (χ0v) is 11.7. The third-order valence-electron chi connectivity index (χ3n) is 2.80. The summed E-state index contributed by atoms with van der Waals surface area (Å²) >= 11 is 0. The van der Waals surface area contributed by atoms with Gasteiger partial charge in [0.1, 0.15) is 5.82 Å². The molecule has 2 rings (SSSR count). The van der Waals surface area contributed by atoms with Gasteiger partial charge in [-0.1, -0.05) is 6.07 Å². The van der Waals surface area contributed by atoms with Crippen molar-refractivity contribution in [3.05, 3.63) is 54.0 Å². The molecule has 0 aromatic carbocycles. The van der Waals surface area contributed by atoms with Gasteiger partial charge in [-0.25, -0.2) is 9.78 Å². The van der Waals surface area contributed by atoms with Crippen LogP contribution in [-0.4, -0.2) is 27.9 Å². The summed E-state index contributed by atoms with van der Waals surface area (Å²) in [7, 11) is 0. The highest BCUT2D eigenvalue weighted by molar-refractivity contribution is 5.97. The smallest absolute Gasteiger partial charge is 0.340 e. The third-order valence-corrected chi connectivity index (χ3v) is 2.80. The van der Waals surface area contributed by atoms with E-state index in [9.17, 15) is 9.59 Å². The number of aryl methyl sites for hydroxylation is 1. The lowest BCUT2D eigenvalue weighted by Gasteiger charge is -2.13. The monoisotopic (exact) mass is 285 g/mol. The summed E-state index contributed by atoms with van der Waals surface area (Å²) in [5, 5.41) is 2.62. The lowest BCUT2D eigenvalue weighted by molar-refractivity contribution is -0.123. The van der Waals surface area contributed by atoms with Crippen LogP contribution in [0.1, 0.15) is 22.8 Å². The number of carbonyl (C=O) groups is 2. The Morgan fingerprint density at radius 1 is 1.24 bits per heavy atom. The van der Waals surface area contributed by atoms with Crippen molar-refractivity contribution in [3.63, 3.8) is 0 Å². The van der Waals surface area contributed by atoms with Crippen molar-refractivity contribution in [2.75, 3.05) is 5.32 Å². The molecule has 0 radical (unpaired) electrons. The molecular formula is C15H15N3O3. The normalized spacial score (nSPS) is 11.5. The van der Waals surface area contributed by atoms with E-state index in [0.29, 0.717) is 11.4 Å². The number of amides is 1. The lowest BCUT2D eigenvalue weighted by Crippen LogP contribution is -2.30. The zero-order chi connectivity index (χ0) is 15.2. The maximum Gasteiger partial charge on any atom is 0.340 e. The summed E-state index contributed by atoms with van der Waals surface area (Å²) in [5.74, 6) is -0.579. The first-order chi connectivity index (χ1) is 10.1. The summed E-state index contributed by atoms with van der Waals surface area (Å²) in [5.41, 5.74) is 1.13. The minimum atomic E-state index is -0.931. The molecular weight excluding hydrogens is 270 g/mol. The number of carbonyl (C=O) groups excluding carboxylic acids is 2. The second kappa shape index (κ2) is 6.60. The number of nitrogens with zero attached hydrogens (tertiary/aromatic N) is 2. The zero-order valence-electron chi connectivity index (χ0n) is 11.7. The van der Waals surface area contributed by atoms with E-state index in [1.165, 1.54) is 13.1 Å². The fourth-order valence-corrected chi connectivity index (χ4v) is 1.60. The van der Waals surface area contributed by atoms with Gasteiger partial charge in [0.2, 0.25) is 0 Å². The predicted molar refractivity (Wildman–Crippen MR) is 76.7 cm³/mol. The molecule has 0 aliphatic heterocycles. The standard InChI is InChI=1S/C15H15N3O3/c1-10-5-3-8-17-13(10)18-14(19)11(2)21-15(20)12-6-4-7-16-9-12/h3-9,11H,1-2H3,(H,17,18,19). The second-order valence-corrected chi connectivity index (χ2v) is 4.45. The van der Waals surface area contributed by atoms with Crippen molar-refractivity contribution in [1.29, 1.82) is 0 Å². The largest absolute Gasteiger partial charge is 0.449 e. The quantitative estimate of drug-likeness (QED) is 0.868. The number of aromatic nitrogens is 2.